The summed E-state index contributed by atoms with van der Waals surface area (Å²) < 4.78 is 26.1. The molecule has 0 aliphatic carbocycles. The lowest BCUT2D eigenvalue weighted by Gasteiger charge is -2.20. The fourth-order valence-corrected chi connectivity index (χ4v) is 2.66. The topological polar surface area (TPSA) is 29.3 Å². The van der Waals surface area contributed by atoms with Crippen molar-refractivity contribution in [1.82, 2.24) is 4.90 Å². The molecule has 1 atom stereocenters. The molecule has 20 heavy (non-hydrogen) atoms. The van der Waals surface area contributed by atoms with E-state index in [1.165, 1.54) is 17.2 Å². The Morgan fingerprint density at radius 2 is 1.65 bits per heavy atom. The molecular formula is C16H16F2N2. The molecule has 1 unspecified atom stereocenters. The average molecular weight is 274 g/mol. The molecule has 0 radical (unpaired) electrons. The molecular weight excluding hydrogens is 258 g/mol. The molecule has 0 saturated carbocycles. The molecule has 2 aromatic rings. The van der Waals surface area contributed by atoms with Crippen LogP contribution in [0.15, 0.2) is 42.5 Å². The first kappa shape index (κ1) is 13.2. The second kappa shape index (κ2) is 5.31. The quantitative estimate of drug-likeness (QED) is 0.932. The fraction of sp³-hybridized carbons (Fsp3) is 0.250. The van der Waals surface area contributed by atoms with Gasteiger partial charge in [0.25, 0.3) is 0 Å². The number of nitrogens with zero attached hydrogens (tertiary/aromatic N) is 1. The molecule has 2 aromatic carbocycles. The molecule has 1 heterocycles. The van der Waals surface area contributed by atoms with E-state index in [0.29, 0.717) is 12.1 Å². The van der Waals surface area contributed by atoms with E-state index in [-0.39, 0.29) is 6.04 Å². The van der Waals surface area contributed by atoms with Gasteiger partial charge in [-0.1, -0.05) is 30.3 Å². The van der Waals surface area contributed by atoms with Crippen LogP contribution in [0, 0.1) is 11.6 Å². The highest BCUT2D eigenvalue weighted by atomic mass is 19.2. The first-order chi connectivity index (χ1) is 9.63. The molecule has 0 bridgehead atoms. The maximum absolute atomic E-state index is 13.2. The van der Waals surface area contributed by atoms with Gasteiger partial charge in [-0.15, -0.1) is 0 Å². The Hall–Kier alpha value is -1.78. The smallest absolute Gasteiger partial charge is 0.159 e. The minimum absolute atomic E-state index is 0.320. The number of benzene rings is 2. The standard InChI is InChI=1S/C16H16F2N2/c17-14-6-5-11(7-15(14)18)16(19)10-20-8-12-3-1-2-4-13(12)9-20/h1-7,16H,8-10,19H2. The third kappa shape index (κ3) is 2.57. The van der Waals surface area contributed by atoms with Crippen LogP contribution in [0.25, 0.3) is 0 Å². The van der Waals surface area contributed by atoms with Crippen LogP contribution in [0.5, 0.6) is 0 Å². The van der Waals surface area contributed by atoms with Crippen LogP contribution in [-0.2, 0) is 13.1 Å². The van der Waals surface area contributed by atoms with Gasteiger partial charge in [0.2, 0.25) is 0 Å². The summed E-state index contributed by atoms with van der Waals surface area (Å²) >= 11 is 0. The van der Waals surface area contributed by atoms with Crippen molar-refractivity contribution in [2.75, 3.05) is 6.54 Å². The Balaban J connectivity index is 1.68. The Morgan fingerprint density at radius 3 is 2.25 bits per heavy atom. The van der Waals surface area contributed by atoms with E-state index in [1.807, 2.05) is 12.1 Å². The van der Waals surface area contributed by atoms with Gasteiger partial charge in [0.05, 0.1) is 0 Å². The number of hydrogen-bond donors (Lipinski definition) is 1. The van der Waals surface area contributed by atoms with Crippen molar-refractivity contribution < 1.29 is 8.78 Å². The van der Waals surface area contributed by atoms with Crippen molar-refractivity contribution in [2.45, 2.75) is 19.1 Å². The third-order valence-corrected chi connectivity index (χ3v) is 3.73. The maximum Gasteiger partial charge on any atom is 0.159 e. The molecule has 0 fully saturated rings. The highest BCUT2D eigenvalue weighted by Crippen LogP contribution is 2.24. The second-order valence-electron chi connectivity index (χ2n) is 5.22. The Bertz CT molecular complexity index is 603. The lowest BCUT2D eigenvalue weighted by atomic mass is 10.1. The first-order valence-corrected chi connectivity index (χ1v) is 6.63. The van der Waals surface area contributed by atoms with E-state index in [1.54, 1.807) is 6.07 Å². The van der Waals surface area contributed by atoms with Crippen molar-refractivity contribution in [3.05, 3.63) is 70.8 Å². The van der Waals surface area contributed by atoms with Crippen molar-refractivity contribution in [3.63, 3.8) is 0 Å². The van der Waals surface area contributed by atoms with Gasteiger partial charge >= 0.3 is 0 Å². The molecule has 4 heteroatoms. The van der Waals surface area contributed by atoms with E-state index in [4.69, 9.17) is 5.73 Å². The molecule has 0 spiro atoms. The van der Waals surface area contributed by atoms with Crippen LogP contribution in [0.3, 0.4) is 0 Å². The first-order valence-electron chi connectivity index (χ1n) is 6.63. The van der Waals surface area contributed by atoms with Crippen molar-refractivity contribution in [3.8, 4) is 0 Å². The number of halogens is 2. The van der Waals surface area contributed by atoms with Crippen LogP contribution in [0.4, 0.5) is 8.78 Å². The van der Waals surface area contributed by atoms with Crippen molar-refractivity contribution in [1.29, 1.82) is 0 Å². The van der Waals surface area contributed by atoms with Crippen LogP contribution >= 0.6 is 0 Å². The van der Waals surface area contributed by atoms with Gasteiger partial charge in [-0.3, -0.25) is 4.90 Å². The predicted octanol–water partition coefficient (Wildman–Crippen LogP) is 2.98. The number of nitrogens with two attached hydrogens (primary N) is 1. The van der Waals surface area contributed by atoms with E-state index < -0.39 is 11.6 Å². The average Bonchev–Trinajstić information content (AvgIpc) is 2.83. The minimum atomic E-state index is -0.845. The zero-order chi connectivity index (χ0) is 14.1. The van der Waals surface area contributed by atoms with E-state index in [9.17, 15) is 8.78 Å². The van der Waals surface area contributed by atoms with Crippen LogP contribution in [0.2, 0.25) is 0 Å². The third-order valence-electron chi connectivity index (χ3n) is 3.73. The molecule has 0 saturated heterocycles. The van der Waals surface area contributed by atoms with E-state index in [2.05, 4.69) is 17.0 Å². The normalized spacial score (nSPS) is 16.1. The molecule has 2 N–H and O–H groups in total. The summed E-state index contributed by atoms with van der Waals surface area (Å²) in [4.78, 5) is 2.22. The van der Waals surface area contributed by atoms with Crippen molar-refractivity contribution >= 4 is 0 Å². The van der Waals surface area contributed by atoms with Crippen molar-refractivity contribution in [2.24, 2.45) is 5.73 Å². The number of rotatable bonds is 3. The summed E-state index contributed by atoms with van der Waals surface area (Å²) in [5.41, 5.74) is 9.34. The Morgan fingerprint density at radius 1 is 1.00 bits per heavy atom. The van der Waals surface area contributed by atoms with Crippen LogP contribution < -0.4 is 5.73 Å². The van der Waals surface area contributed by atoms with Gasteiger partial charge in [0.15, 0.2) is 11.6 Å². The minimum Gasteiger partial charge on any atom is -0.323 e. The molecule has 3 rings (SSSR count). The van der Waals surface area contributed by atoms with Crippen LogP contribution in [-0.4, -0.2) is 11.4 Å². The SMILES string of the molecule is NC(CN1Cc2ccccc2C1)c1ccc(F)c(F)c1. The van der Waals surface area contributed by atoms with Gasteiger partial charge in [-0.2, -0.15) is 0 Å². The van der Waals surface area contributed by atoms with Gasteiger partial charge in [-0.25, -0.2) is 8.78 Å². The highest BCUT2D eigenvalue weighted by Gasteiger charge is 2.21. The second-order valence-corrected chi connectivity index (χ2v) is 5.22. The number of hydrogen-bond acceptors (Lipinski definition) is 2. The predicted molar refractivity (Wildman–Crippen MR) is 73.8 cm³/mol. The fourth-order valence-electron chi connectivity index (χ4n) is 2.66. The van der Waals surface area contributed by atoms with E-state index >= 15 is 0 Å². The van der Waals surface area contributed by atoms with Gasteiger partial charge < -0.3 is 5.73 Å². The summed E-state index contributed by atoms with van der Waals surface area (Å²) in [5, 5.41) is 0. The molecule has 0 amide bonds. The molecule has 104 valence electrons. The van der Waals surface area contributed by atoms with Gasteiger partial charge in [0.1, 0.15) is 0 Å². The summed E-state index contributed by atoms with van der Waals surface area (Å²) in [6, 6.07) is 11.8. The largest absolute Gasteiger partial charge is 0.323 e. The zero-order valence-corrected chi connectivity index (χ0v) is 11.0. The summed E-state index contributed by atoms with van der Waals surface area (Å²) in [6.45, 7) is 2.33. The van der Waals surface area contributed by atoms with Gasteiger partial charge in [-0.05, 0) is 28.8 Å². The zero-order valence-electron chi connectivity index (χ0n) is 11.0. The van der Waals surface area contributed by atoms with Gasteiger partial charge in [0, 0.05) is 25.7 Å². The summed E-state index contributed by atoms with van der Waals surface area (Å²) in [5.74, 6) is -1.68. The lowest BCUT2D eigenvalue weighted by molar-refractivity contribution is 0.265. The number of fused-ring (bicyclic) bond motifs is 1. The molecule has 2 nitrogen and oxygen atoms in total. The van der Waals surface area contributed by atoms with E-state index in [0.717, 1.165) is 19.2 Å². The molecule has 1 aliphatic rings. The molecule has 0 aromatic heterocycles. The summed E-state index contributed by atoms with van der Waals surface area (Å²) in [6.07, 6.45) is 0. The van der Waals surface area contributed by atoms with Crippen LogP contribution in [0.1, 0.15) is 22.7 Å². The lowest BCUT2D eigenvalue weighted by Crippen LogP contribution is -2.28. The highest BCUT2D eigenvalue weighted by molar-refractivity contribution is 5.30. The Labute approximate surface area is 116 Å². The maximum atomic E-state index is 13.2. The summed E-state index contributed by atoms with van der Waals surface area (Å²) in [7, 11) is 0. The monoisotopic (exact) mass is 274 g/mol. The molecule has 1 aliphatic heterocycles. The Kier molecular flexibility index (Phi) is 3.51.